The lowest BCUT2D eigenvalue weighted by molar-refractivity contribution is 0.0714. The van der Waals surface area contributed by atoms with Crippen molar-refractivity contribution in [1.29, 1.82) is 0 Å². The summed E-state index contributed by atoms with van der Waals surface area (Å²) >= 11 is 0. The van der Waals surface area contributed by atoms with Crippen LogP contribution in [0, 0.1) is 0 Å². The molecule has 4 rings (SSSR count). The summed E-state index contributed by atoms with van der Waals surface area (Å²) in [7, 11) is 0. The van der Waals surface area contributed by atoms with E-state index in [1.54, 1.807) is 6.20 Å². The highest BCUT2D eigenvalue weighted by molar-refractivity contribution is 5.92. The van der Waals surface area contributed by atoms with Crippen LogP contribution in [0.5, 0.6) is 0 Å². The molecular formula is C17H22N6O. The van der Waals surface area contributed by atoms with E-state index in [4.69, 9.17) is 0 Å². The molecule has 0 unspecified atom stereocenters. The van der Waals surface area contributed by atoms with Gasteiger partial charge in [-0.25, -0.2) is 0 Å². The zero-order chi connectivity index (χ0) is 16.4. The molecule has 0 bridgehead atoms. The van der Waals surface area contributed by atoms with E-state index in [2.05, 4.69) is 20.2 Å². The van der Waals surface area contributed by atoms with Crippen LogP contribution in [0.15, 0.2) is 30.6 Å². The van der Waals surface area contributed by atoms with Crippen molar-refractivity contribution in [3.05, 3.63) is 36.3 Å². The summed E-state index contributed by atoms with van der Waals surface area (Å²) in [5, 5.41) is 12.7. The number of hydrogen-bond donors (Lipinski definition) is 0. The Labute approximate surface area is 141 Å². The maximum atomic E-state index is 12.8. The molecule has 0 radical (unpaired) electrons. The molecule has 0 aromatic carbocycles. The number of likely N-dealkylation sites (tertiary alicyclic amines) is 1. The van der Waals surface area contributed by atoms with Gasteiger partial charge in [-0.2, -0.15) is 5.10 Å². The average molecular weight is 326 g/mol. The first-order valence-corrected chi connectivity index (χ1v) is 8.68. The zero-order valence-corrected chi connectivity index (χ0v) is 13.7. The molecule has 2 aliphatic heterocycles. The van der Waals surface area contributed by atoms with Crippen molar-refractivity contribution in [1.82, 2.24) is 24.9 Å². The molecule has 7 heteroatoms. The molecule has 126 valence electrons. The number of amides is 1. The molecule has 2 fully saturated rings. The Balaban J connectivity index is 1.45. The third-order valence-electron chi connectivity index (χ3n) is 4.89. The molecular weight excluding hydrogens is 304 g/mol. The predicted molar refractivity (Wildman–Crippen MR) is 89.8 cm³/mol. The molecule has 0 aliphatic carbocycles. The van der Waals surface area contributed by atoms with Crippen LogP contribution >= 0.6 is 0 Å². The van der Waals surface area contributed by atoms with Crippen molar-refractivity contribution in [2.75, 3.05) is 24.5 Å². The Morgan fingerprint density at radius 3 is 2.71 bits per heavy atom. The summed E-state index contributed by atoms with van der Waals surface area (Å²) in [5.74, 6) is 0.851. The first-order valence-electron chi connectivity index (χ1n) is 8.68. The quantitative estimate of drug-likeness (QED) is 0.853. The van der Waals surface area contributed by atoms with Crippen molar-refractivity contribution < 1.29 is 4.79 Å². The second-order valence-corrected chi connectivity index (χ2v) is 6.49. The fourth-order valence-electron chi connectivity index (χ4n) is 3.62. The molecule has 2 aliphatic rings. The van der Waals surface area contributed by atoms with E-state index in [9.17, 15) is 4.79 Å². The van der Waals surface area contributed by atoms with Crippen LogP contribution in [0.3, 0.4) is 0 Å². The molecule has 2 aromatic heterocycles. The van der Waals surface area contributed by atoms with Gasteiger partial charge in [0.25, 0.3) is 5.91 Å². The third-order valence-corrected chi connectivity index (χ3v) is 4.89. The van der Waals surface area contributed by atoms with Gasteiger partial charge in [-0.05, 0) is 43.9 Å². The number of anilines is 1. The molecule has 0 saturated carbocycles. The molecule has 0 spiro atoms. The average Bonchev–Trinajstić information content (AvgIpc) is 3.37. The van der Waals surface area contributed by atoms with Crippen molar-refractivity contribution in [2.45, 2.75) is 38.3 Å². The number of carbonyl (C=O) groups is 1. The van der Waals surface area contributed by atoms with Gasteiger partial charge in [-0.15, -0.1) is 10.2 Å². The molecule has 2 aromatic rings. The van der Waals surface area contributed by atoms with Gasteiger partial charge in [0.1, 0.15) is 0 Å². The molecule has 1 amide bonds. The lowest BCUT2D eigenvalue weighted by Crippen LogP contribution is -2.38. The van der Waals surface area contributed by atoms with Crippen molar-refractivity contribution in [3.63, 3.8) is 0 Å². The fourth-order valence-corrected chi connectivity index (χ4v) is 3.62. The van der Waals surface area contributed by atoms with Crippen molar-refractivity contribution in [3.8, 4) is 0 Å². The monoisotopic (exact) mass is 326 g/mol. The van der Waals surface area contributed by atoms with Crippen molar-refractivity contribution >= 4 is 11.7 Å². The number of hydrogen-bond acceptors (Lipinski definition) is 5. The number of nitrogens with zero attached hydrogens (tertiary/aromatic N) is 6. The fraction of sp³-hybridized carbons (Fsp3) is 0.529. The molecule has 4 heterocycles. The van der Waals surface area contributed by atoms with Gasteiger partial charge in [0.2, 0.25) is 0 Å². The van der Waals surface area contributed by atoms with E-state index in [0.717, 1.165) is 44.8 Å². The minimum Gasteiger partial charge on any atom is -0.355 e. The standard InChI is InChI=1S/C17H22N6O/c24-17(15-6-7-16(20-19-15)21-9-1-2-10-21)23-12-3-5-14(23)13-22-11-4-8-18-22/h4,6-8,11,14H,1-3,5,9-10,12-13H2/t14-/m0/s1. The smallest absolute Gasteiger partial charge is 0.274 e. The molecule has 1 atom stereocenters. The van der Waals surface area contributed by atoms with E-state index < -0.39 is 0 Å². The Hall–Kier alpha value is -2.44. The Morgan fingerprint density at radius 1 is 1.12 bits per heavy atom. The van der Waals surface area contributed by atoms with E-state index >= 15 is 0 Å². The van der Waals surface area contributed by atoms with Gasteiger partial charge < -0.3 is 9.80 Å². The SMILES string of the molecule is O=C(c1ccc(N2CCCC2)nn1)N1CCC[C@H]1Cn1cccn1. The zero-order valence-electron chi connectivity index (χ0n) is 13.7. The molecule has 0 N–H and O–H groups in total. The topological polar surface area (TPSA) is 67.2 Å². The van der Waals surface area contributed by atoms with E-state index in [1.807, 2.05) is 34.0 Å². The van der Waals surface area contributed by atoms with Gasteiger partial charge in [-0.3, -0.25) is 9.48 Å². The minimum absolute atomic E-state index is 0.0230. The summed E-state index contributed by atoms with van der Waals surface area (Å²) in [6, 6.07) is 5.82. The molecule has 24 heavy (non-hydrogen) atoms. The van der Waals surface area contributed by atoms with Crippen molar-refractivity contribution in [2.24, 2.45) is 0 Å². The van der Waals surface area contributed by atoms with Crippen LogP contribution in [-0.4, -0.2) is 56.5 Å². The van der Waals surface area contributed by atoms with Crippen LogP contribution in [0.25, 0.3) is 0 Å². The van der Waals surface area contributed by atoms with E-state index in [1.165, 1.54) is 12.8 Å². The lowest BCUT2D eigenvalue weighted by atomic mass is 10.2. The van der Waals surface area contributed by atoms with Gasteiger partial charge in [0, 0.05) is 32.0 Å². The van der Waals surface area contributed by atoms with Crippen LogP contribution in [-0.2, 0) is 6.54 Å². The van der Waals surface area contributed by atoms with E-state index in [0.29, 0.717) is 5.69 Å². The maximum absolute atomic E-state index is 12.8. The summed E-state index contributed by atoms with van der Waals surface area (Å²) in [6.07, 6.45) is 8.13. The number of rotatable bonds is 4. The number of carbonyl (C=O) groups excluding carboxylic acids is 1. The first kappa shape index (κ1) is 15.1. The minimum atomic E-state index is -0.0230. The largest absolute Gasteiger partial charge is 0.355 e. The van der Waals surface area contributed by atoms with E-state index in [-0.39, 0.29) is 11.9 Å². The van der Waals surface area contributed by atoms with Crippen LogP contribution in [0.2, 0.25) is 0 Å². The maximum Gasteiger partial charge on any atom is 0.274 e. The highest BCUT2D eigenvalue weighted by Crippen LogP contribution is 2.22. The van der Waals surface area contributed by atoms with Gasteiger partial charge in [0.05, 0.1) is 12.6 Å². The molecule has 7 nitrogen and oxygen atoms in total. The van der Waals surface area contributed by atoms with Crippen LogP contribution in [0.1, 0.15) is 36.2 Å². The Kier molecular flexibility index (Phi) is 4.15. The second-order valence-electron chi connectivity index (χ2n) is 6.49. The normalized spacial score (nSPS) is 20.8. The van der Waals surface area contributed by atoms with Gasteiger partial charge >= 0.3 is 0 Å². The Morgan fingerprint density at radius 2 is 2.00 bits per heavy atom. The van der Waals surface area contributed by atoms with Crippen LogP contribution in [0.4, 0.5) is 5.82 Å². The summed E-state index contributed by atoms with van der Waals surface area (Å²) < 4.78 is 1.89. The lowest BCUT2D eigenvalue weighted by Gasteiger charge is -2.24. The Bertz CT molecular complexity index is 678. The highest BCUT2D eigenvalue weighted by Gasteiger charge is 2.30. The van der Waals surface area contributed by atoms with Gasteiger partial charge in [0.15, 0.2) is 11.5 Å². The third kappa shape index (κ3) is 2.98. The highest BCUT2D eigenvalue weighted by atomic mass is 16.2. The molecule has 2 saturated heterocycles. The summed E-state index contributed by atoms with van der Waals surface area (Å²) in [6.45, 7) is 3.57. The van der Waals surface area contributed by atoms with Gasteiger partial charge in [-0.1, -0.05) is 0 Å². The first-order chi connectivity index (χ1) is 11.8. The van der Waals surface area contributed by atoms with Crippen LogP contribution < -0.4 is 4.90 Å². The second kappa shape index (κ2) is 6.59. The predicted octanol–water partition coefficient (Wildman–Crippen LogP) is 1.58. The number of aromatic nitrogens is 4. The summed E-state index contributed by atoms with van der Waals surface area (Å²) in [5.41, 5.74) is 0.435. The summed E-state index contributed by atoms with van der Waals surface area (Å²) in [4.78, 5) is 16.9.